The number of nitrogens with one attached hydrogen (secondary N) is 1. The maximum atomic E-state index is 12.0. The number of nitrogens with zero attached hydrogens (tertiary/aromatic N) is 1. The lowest BCUT2D eigenvalue weighted by molar-refractivity contribution is 0.100. The molecule has 100 valence electrons. The molecule has 6 nitrogen and oxygen atoms in total. The number of nitrogens with two attached hydrogens (primary N) is 2. The Kier molecular flexibility index (Phi) is 4.25. The van der Waals surface area contributed by atoms with Gasteiger partial charge in [0.1, 0.15) is 10.7 Å². The van der Waals surface area contributed by atoms with Crippen molar-refractivity contribution in [3.05, 3.63) is 33.1 Å². The molecule has 2 rings (SSSR count). The van der Waals surface area contributed by atoms with Gasteiger partial charge in [-0.15, -0.1) is 22.7 Å². The maximum absolute atomic E-state index is 12.0. The minimum absolute atomic E-state index is 0.302. The normalized spacial score (nSPS) is 10.4. The Bertz CT molecular complexity index is 605. The van der Waals surface area contributed by atoms with E-state index >= 15 is 0 Å². The monoisotopic (exact) mass is 296 g/mol. The Balaban J connectivity index is 2.11. The lowest BCUT2D eigenvalue weighted by Gasteiger charge is -2.01. The molecule has 0 aliphatic carbocycles. The number of anilines is 1. The molecular weight excluding hydrogens is 284 g/mol. The molecule has 0 spiro atoms. The number of thiophene rings is 1. The van der Waals surface area contributed by atoms with Crippen LogP contribution < -0.4 is 16.8 Å². The summed E-state index contributed by atoms with van der Waals surface area (Å²) in [5, 5.41) is 7.24. The number of aromatic nitrogens is 1. The largest absolute Gasteiger partial charge is 0.366 e. The second-order valence-electron chi connectivity index (χ2n) is 3.65. The van der Waals surface area contributed by atoms with E-state index in [0.29, 0.717) is 29.2 Å². The first-order valence-electron chi connectivity index (χ1n) is 5.45. The van der Waals surface area contributed by atoms with Crippen LogP contribution in [0.15, 0.2) is 16.8 Å². The number of carbonyl (C=O) groups is 2. The zero-order chi connectivity index (χ0) is 13.8. The van der Waals surface area contributed by atoms with E-state index in [-0.39, 0.29) is 5.91 Å². The van der Waals surface area contributed by atoms with Crippen molar-refractivity contribution >= 4 is 39.5 Å². The summed E-state index contributed by atoms with van der Waals surface area (Å²) in [4.78, 5) is 27.3. The Morgan fingerprint density at radius 2 is 2.16 bits per heavy atom. The third kappa shape index (κ3) is 3.16. The molecule has 2 heterocycles. The van der Waals surface area contributed by atoms with Crippen LogP contribution in [0.4, 0.5) is 5.00 Å². The summed E-state index contributed by atoms with van der Waals surface area (Å²) < 4.78 is 0. The van der Waals surface area contributed by atoms with E-state index in [1.165, 1.54) is 22.7 Å². The first kappa shape index (κ1) is 13.7. The standard InChI is InChI=1S/C11H12N4O2S2/c12-3-1-8-14-7(5-19-8)10(17)15-11-6(9(13)16)2-4-18-11/h2,4-5H,1,3,12H2,(H2,13,16)(H,15,17). The van der Waals surface area contributed by atoms with E-state index in [0.717, 1.165) is 5.01 Å². The van der Waals surface area contributed by atoms with Crippen LogP contribution in [0.5, 0.6) is 0 Å². The molecule has 0 aromatic carbocycles. The van der Waals surface area contributed by atoms with Gasteiger partial charge in [-0.25, -0.2) is 4.98 Å². The van der Waals surface area contributed by atoms with Gasteiger partial charge in [-0.05, 0) is 18.0 Å². The van der Waals surface area contributed by atoms with Gasteiger partial charge in [-0.3, -0.25) is 9.59 Å². The number of thiazole rings is 1. The molecule has 0 unspecified atom stereocenters. The predicted octanol–water partition coefficient (Wildman–Crippen LogP) is 1.06. The zero-order valence-corrected chi connectivity index (χ0v) is 11.5. The van der Waals surface area contributed by atoms with Crippen molar-refractivity contribution < 1.29 is 9.59 Å². The Hall–Kier alpha value is -1.77. The summed E-state index contributed by atoms with van der Waals surface area (Å²) in [6.45, 7) is 0.491. The maximum Gasteiger partial charge on any atom is 0.275 e. The third-order valence-corrected chi connectivity index (χ3v) is 4.04. The summed E-state index contributed by atoms with van der Waals surface area (Å²) in [5.74, 6) is -0.928. The molecule has 0 saturated heterocycles. The van der Waals surface area contributed by atoms with E-state index in [9.17, 15) is 9.59 Å². The van der Waals surface area contributed by atoms with E-state index < -0.39 is 5.91 Å². The van der Waals surface area contributed by atoms with Crippen LogP contribution in [0.2, 0.25) is 0 Å². The van der Waals surface area contributed by atoms with Gasteiger partial charge in [0, 0.05) is 11.8 Å². The van der Waals surface area contributed by atoms with Gasteiger partial charge in [0.2, 0.25) is 0 Å². The number of hydrogen-bond acceptors (Lipinski definition) is 6. The molecule has 0 saturated carbocycles. The average Bonchev–Trinajstić information content (AvgIpc) is 2.98. The summed E-state index contributed by atoms with van der Waals surface area (Å²) in [6.07, 6.45) is 0.642. The highest BCUT2D eigenvalue weighted by Gasteiger charge is 2.15. The van der Waals surface area contributed by atoms with E-state index in [1.54, 1.807) is 16.8 Å². The van der Waals surface area contributed by atoms with Crippen molar-refractivity contribution in [2.24, 2.45) is 11.5 Å². The van der Waals surface area contributed by atoms with Gasteiger partial charge >= 0.3 is 0 Å². The second-order valence-corrected chi connectivity index (χ2v) is 5.51. The van der Waals surface area contributed by atoms with Gasteiger partial charge in [-0.1, -0.05) is 0 Å². The zero-order valence-electron chi connectivity index (χ0n) is 9.88. The molecule has 19 heavy (non-hydrogen) atoms. The van der Waals surface area contributed by atoms with Crippen LogP contribution in [0.1, 0.15) is 25.9 Å². The van der Waals surface area contributed by atoms with E-state index in [1.807, 2.05) is 0 Å². The summed E-state index contributed by atoms with van der Waals surface area (Å²) in [7, 11) is 0. The number of primary amides is 1. The lowest BCUT2D eigenvalue weighted by Crippen LogP contribution is -2.16. The first-order chi connectivity index (χ1) is 9.11. The molecule has 0 radical (unpaired) electrons. The van der Waals surface area contributed by atoms with Crippen molar-refractivity contribution in [1.29, 1.82) is 0 Å². The van der Waals surface area contributed by atoms with Crippen LogP contribution in [0.3, 0.4) is 0 Å². The topological polar surface area (TPSA) is 111 Å². The van der Waals surface area contributed by atoms with Crippen LogP contribution in [-0.2, 0) is 6.42 Å². The van der Waals surface area contributed by atoms with Crippen LogP contribution in [-0.4, -0.2) is 23.3 Å². The van der Waals surface area contributed by atoms with Crippen molar-refractivity contribution in [1.82, 2.24) is 4.98 Å². The number of rotatable bonds is 5. The van der Waals surface area contributed by atoms with Crippen LogP contribution in [0, 0.1) is 0 Å². The summed E-state index contributed by atoms with van der Waals surface area (Å²) in [5.41, 5.74) is 11.2. The average molecular weight is 296 g/mol. The fourth-order valence-corrected chi connectivity index (χ4v) is 3.00. The molecule has 0 fully saturated rings. The quantitative estimate of drug-likeness (QED) is 0.766. The van der Waals surface area contributed by atoms with Gasteiger partial charge in [-0.2, -0.15) is 0 Å². The smallest absolute Gasteiger partial charge is 0.275 e. The van der Waals surface area contributed by atoms with E-state index in [2.05, 4.69) is 10.3 Å². The minimum atomic E-state index is -0.571. The number of carbonyl (C=O) groups excluding carboxylic acids is 2. The van der Waals surface area contributed by atoms with Gasteiger partial charge in [0.25, 0.3) is 11.8 Å². The van der Waals surface area contributed by atoms with Gasteiger partial charge < -0.3 is 16.8 Å². The fraction of sp³-hybridized carbons (Fsp3) is 0.182. The highest BCUT2D eigenvalue weighted by atomic mass is 32.1. The Morgan fingerprint density at radius 3 is 2.84 bits per heavy atom. The summed E-state index contributed by atoms with van der Waals surface area (Å²) >= 11 is 2.63. The van der Waals surface area contributed by atoms with Gasteiger partial charge in [0.05, 0.1) is 10.6 Å². The highest BCUT2D eigenvalue weighted by molar-refractivity contribution is 7.14. The first-order valence-corrected chi connectivity index (χ1v) is 7.21. The molecule has 0 aliphatic heterocycles. The molecule has 5 N–H and O–H groups in total. The second kappa shape index (κ2) is 5.91. The lowest BCUT2D eigenvalue weighted by atomic mass is 10.3. The SMILES string of the molecule is NCCc1nc(C(=O)Nc2sccc2C(N)=O)cs1. The third-order valence-electron chi connectivity index (χ3n) is 2.30. The minimum Gasteiger partial charge on any atom is -0.366 e. The Morgan fingerprint density at radius 1 is 1.37 bits per heavy atom. The van der Waals surface area contributed by atoms with Crippen LogP contribution >= 0.6 is 22.7 Å². The molecule has 2 amide bonds. The van der Waals surface area contributed by atoms with Crippen molar-refractivity contribution in [3.63, 3.8) is 0 Å². The predicted molar refractivity (Wildman–Crippen MR) is 75.7 cm³/mol. The summed E-state index contributed by atoms with van der Waals surface area (Å²) in [6, 6.07) is 1.57. The molecule has 8 heteroatoms. The fourth-order valence-electron chi connectivity index (χ4n) is 1.42. The van der Waals surface area contributed by atoms with Crippen molar-refractivity contribution in [2.75, 3.05) is 11.9 Å². The molecule has 0 aliphatic rings. The van der Waals surface area contributed by atoms with Crippen molar-refractivity contribution in [3.8, 4) is 0 Å². The molecule has 0 atom stereocenters. The molecule has 2 aromatic heterocycles. The molecule has 2 aromatic rings. The van der Waals surface area contributed by atoms with Gasteiger partial charge in [0.15, 0.2) is 0 Å². The highest BCUT2D eigenvalue weighted by Crippen LogP contribution is 2.23. The van der Waals surface area contributed by atoms with E-state index in [4.69, 9.17) is 11.5 Å². The number of amides is 2. The van der Waals surface area contributed by atoms with Crippen molar-refractivity contribution in [2.45, 2.75) is 6.42 Å². The van der Waals surface area contributed by atoms with Crippen LogP contribution in [0.25, 0.3) is 0 Å². The number of hydrogen-bond donors (Lipinski definition) is 3. The molecular formula is C11H12N4O2S2. The Labute approximate surface area is 117 Å². The molecule has 0 bridgehead atoms.